The first-order valence-corrected chi connectivity index (χ1v) is 5.58. The Morgan fingerprint density at radius 1 is 1.27 bits per heavy atom. The molecule has 1 heterocycles. The molecule has 0 aromatic heterocycles. The van der Waals surface area contributed by atoms with Crippen LogP contribution in [0.1, 0.15) is 6.42 Å². The molecule has 0 aromatic rings. The third kappa shape index (κ3) is 0.732. The van der Waals surface area contributed by atoms with Crippen LogP contribution >= 0.6 is 0 Å². The molecule has 4 nitrogen and oxygen atoms in total. The molecule has 0 spiro atoms. The lowest BCUT2D eigenvalue weighted by molar-refractivity contribution is -0.150. The van der Waals surface area contributed by atoms with Gasteiger partial charge in [0.05, 0.1) is 5.92 Å². The van der Waals surface area contributed by atoms with Crippen LogP contribution in [0.15, 0.2) is 12.2 Å². The summed E-state index contributed by atoms with van der Waals surface area (Å²) in [6.45, 7) is 0. The standard InChI is InChI=1S/C11H14N2O2/c12-11(13)9-7-5-2-1-4(3-5)6(7)8(9)10(14)15-11/h1-2,4-9H,3,12-13H2. The van der Waals surface area contributed by atoms with Crippen molar-refractivity contribution in [2.75, 3.05) is 0 Å². The van der Waals surface area contributed by atoms with Crippen LogP contribution in [0.2, 0.25) is 0 Å². The molecular weight excluding hydrogens is 192 g/mol. The minimum Gasteiger partial charge on any atom is -0.430 e. The molecule has 3 fully saturated rings. The molecule has 4 N–H and O–H groups in total. The Labute approximate surface area is 87.6 Å². The molecule has 6 unspecified atom stereocenters. The number of ether oxygens (including phenoxy) is 1. The van der Waals surface area contributed by atoms with E-state index in [0.717, 1.165) is 0 Å². The Morgan fingerprint density at radius 2 is 1.93 bits per heavy atom. The second-order valence-electron chi connectivity index (χ2n) is 5.43. The molecule has 1 saturated heterocycles. The first kappa shape index (κ1) is 8.30. The molecule has 80 valence electrons. The van der Waals surface area contributed by atoms with E-state index >= 15 is 0 Å². The molecular formula is C11H14N2O2. The van der Waals surface area contributed by atoms with E-state index in [0.29, 0.717) is 23.7 Å². The summed E-state index contributed by atoms with van der Waals surface area (Å²) in [7, 11) is 0. The Morgan fingerprint density at radius 3 is 2.67 bits per heavy atom. The molecule has 4 heteroatoms. The van der Waals surface area contributed by atoms with Gasteiger partial charge < -0.3 is 4.74 Å². The summed E-state index contributed by atoms with van der Waals surface area (Å²) in [5.74, 6) is 0.760. The minimum absolute atomic E-state index is 0.0232. The van der Waals surface area contributed by atoms with Gasteiger partial charge >= 0.3 is 5.97 Å². The zero-order valence-electron chi connectivity index (χ0n) is 8.30. The van der Waals surface area contributed by atoms with E-state index in [2.05, 4.69) is 12.2 Å². The van der Waals surface area contributed by atoms with Gasteiger partial charge in [0.15, 0.2) is 0 Å². The first-order valence-electron chi connectivity index (χ1n) is 5.58. The van der Waals surface area contributed by atoms with Crippen molar-refractivity contribution < 1.29 is 9.53 Å². The lowest BCUT2D eigenvalue weighted by Gasteiger charge is -2.49. The summed E-state index contributed by atoms with van der Waals surface area (Å²) < 4.78 is 5.09. The maximum Gasteiger partial charge on any atom is 0.312 e. The number of carbonyl (C=O) groups is 1. The van der Waals surface area contributed by atoms with Gasteiger partial charge in [-0.3, -0.25) is 16.3 Å². The molecule has 4 aliphatic rings. The van der Waals surface area contributed by atoms with Crippen LogP contribution in [0.5, 0.6) is 0 Å². The van der Waals surface area contributed by atoms with Crippen molar-refractivity contribution in [3.8, 4) is 0 Å². The average Bonchev–Trinajstić information content (AvgIpc) is 2.61. The molecule has 3 aliphatic carbocycles. The number of nitrogens with two attached hydrogens (primary N) is 2. The quantitative estimate of drug-likeness (QED) is 0.327. The Kier molecular flexibility index (Phi) is 1.18. The van der Waals surface area contributed by atoms with E-state index < -0.39 is 5.85 Å². The van der Waals surface area contributed by atoms with Crippen molar-refractivity contribution in [3.63, 3.8) is 0 Å². The highest BCUT2D eigenvalue weighted by molar-refractivity contribution is 5.78. The van der Waals surface area contributed by atoms with E-state index in [9.17, 15) is 4.79 Å². The molecule has 1 aliphatic heterocycles. The highest BCUT2D eigenvalue weighted by Crippen LogP contribution is 2.67. The van der Waals surface area contributed by atoms with Crippen molar-refractivity contribution in [2.24, 2.45) is 47.0 Å². The van der Waals surface area contributed by atoms with Gasteiger partial charge in [0.2, 0.25) is 5.85 Å². The largest absolute Gasteiger partial charge is 0.430 e. The summed E-state index contributed by atoms with van der Waals surface area (Å²) in [6, 6.07) is 0. The molecule has 4 rings (SSSR count). The van der Waals surface area contributed by atoms with Crippen LogP contribution < -0.4 is 11.5 Å². The number of allylic oxidation sites excluding steroid dienone is 2. The molecule has 6 atom stereocenters. The number of cyclic esters (lactones) is 1. The van der Waals surface area contributed by atoms with Crippen molar-refractivity contribution in [1.29, 1.82) is 0 Å². The third-order valence-electron chi connectivity index (χ3n) is 4.87. The third-order valence-corrected chi connectivity index (χ3v) is 4.87. The van der Waals surface area contributed by atoms with Crippen molar-refractivity contribution in [3.05, 3.63) is 12.2 Å². The summed E-state index contributed by atoms with van der Waals surface area (Å²) >= 11 is 0. The molecule has 15 heavy (non-hydrogen) atoms. The number of rotatable bonds is 0. The number of hydrogen-bond donors (Lipinski definition) is 2. The Bertz CT molecular complexity index is 390. The molecule has 2 saturated carbocycles. The van der Waals surface area contributed by atoms with Crippen molar-refractivity contribution in [1.82, 2.24) is 0 Å². The smallest absolute Gasteiger partial charge is 0.312 e. The molecule has 0 amide bonds. The number of carbonyl (C=O) groups excluding carboxylic acids is 1. The zero-order chi connectivity index (χ0) is 10.4. The fraction of sp³-hybridized carbons (Fsp3) is 0.727. The SMILES string of the molecule is NC1(N)OC(=O)C2C3C4C=CC(C4)C3C21. The fourth-order valence-electron chi connectivity index (χ4n) is 4.44. The van der Waals surface area contributed by atoms with Gasteiger partial charge in [-0.15, -0.1) is 0 Å². The van der Waals surface area contributed by atoms with Crippen LogP contribution in [-0.4, -0.2) is 11.8 Å². The van der Waals surface area contributed by atoms with Crippen LogP contribution in [0.3, 0.4) is 0 Å². The maximum atomic E-state index is 11.7. The van der Waals surface area contributed by atoms with E-state index in [1.54, 1.807) is 0 Å². The van der Waals surface area contributed by atoms with E-state index in [1.165, 1.54) is 6.42 Å². The van der Waals surface area contributed by atoms with Gasteiger partial charge in [0.1, 0.15) is 0 Å². The summed E-state index contributed by atoms with van der Waals surface area (Å²) in [6.07, 6.45) is 5.70. The van der Waals surface area contributed by atoms with Crippen LogP contribution in [0.4, 0.5) is 0 Å². The normalized spacial score (nSPS) is 57.3. The van der Waals surface area contributed by atoms with Gasteiger partial charge in [-0.1, -0.05) is 12.2 Å². The predicted molar refractivity (Wildman–Crippen MR) is 51.9 cm³/mol. The second kappa shape index (κ2) is 2.13. The average molecular weight is 206 g/mol. The monoisotopic (exact) mass is 206 g/mol. The highest BCUT2D eigenvalue weighted by Gasteiger charge is 2.72. The van der Waals surface area contributed by atoms with E-state index in [1.807, 2.05) is 0 Å². The van der Waals surface area contributed by atoms with Gasteiger partial charge in [-0.25, -0.2) is 0 Å². The highest BCUT2D eigenvalue weighted by atomic mass is 16.6. The second-order valence-corrected chi connectivity index (χ2v) is 5.43. The number of esters is 1. The fourth-order valence-corrected chi connectivity index (χ4v) is 4.44. The number of hydrogen-bond acceptors (Lipinski definition) is 4. The Hall–Kier alpha value is -0.870. The van der Waals surface area contributed by atoms with Crippen molar-refractivity contribution in [2.45, 2.75) is 12.3 Å². The lowest BCUT2D eigenvalue weighted by Crippen LogP contribution is -2.63. The van der Waals surface area contributed by atoms with Gasteiger partial charge in [-0.2, -0.15) is 0 Å². The summed E-state index contributed by atoms with van der Waals surface area (Å²) in [5, 5.41) is 0. The lowest BCUT2D eigenvalue weighted by atomic mass is 9.53. The van der Waals surface area contributed by atoms with Crippen LogP contribution in [-0.2, 0) is 9.53 Å². The van der Waals surface area contributed by atoms with Gasteiger partial charge in [0.25, 0.3) is 0 Å². The van der Waals surface area contributed by atoms with Gasteiger partial charge in [0, 0.05) is 5.92 Å². The van der Waals surface area contributed by atoms with Crippen molar-refractivity contribution >= 4 is 5.97 Å². The molecule has 2 bridgehead atoms. The van der Waals surface area contributed by atoms with E-state index in [-0.39, 0.29) is 17.8 Å². The topological polar surface area (TPSA) is 78.3 Å². The Balaban J connectivity index is 1.78. The van der Waals surface area contributed by atoms with E-state index in [4.69, 9.17) is 16.2 Å². The molecule has 0 radical (unpaired) electrons. The summed E-state index contributed by atoms with van der Waals surface area (Å²) in [5.41, 5.74) is 11.7. The first-order chi connectivity index (χ1) is 7.09. The van der Waals surface area contributed by atoms with Crippen LogP contribution in [0.25, 0.3) is 0 Å². The van der Waals surface area contributed by atoms with Gasteiger partial charge in [-0.05, 0) is 30.1 Å². The number of fused-ring (bicyclic) bond motifs is 8. The zero-order valence-corrected chi connectivity index (χ0v) is 8.30. The maximum absolute atomic E-state index is 11.7. The minimum atomic E-state index is -1.21. The summed E-state index contributed by atoms with van der Waals surface area (Å²) in [4.78, 5) is 11.7. The van der Waals surface area contributed by atoms with Crippen LogP contribution in [0, 0.1) is 35.5 Å². The molecule has 0 aromatic carbocycles. The predicted octanol–water partition coefficient (Wildman–Crippen LogP) is -0.201.